The van der Waals surface area contributed by atoms with Gasteiger partial charge in [0.05, 0.1) is 18.2 Å². The zero-order chi connectivity index (χ0) is 11.8. The first kappa shape index (κ1) is 10.7. The standard InChI is InChI=1S/C13H15NO2/c1-13(2)7-6-9-8-10(12(15)16-3)4-5-11(9)14-13/h4-8,14H,1-3H3. The summed E-state index contributed by atoms with van der Waals surface area (Å²) in [4.78, 5) is 11.4. The highest BCUT2D eigenvalue weighted by Crippen LogP contribution is 2.28. The minimum atomic E-state index is -0.305. The van der Waals surface area contributed by atoms with Gasteiger partial charge >= 0.3 is 5.97 Å². The highest BCUT2D eigenvalue weighted by atomic mass is 16.5. The van der Waals surface area contributed by atoms with Gasteiger partial charge in [0.2, 0.25) is 0 Å². The first-order valence-electron chi connectivity index (χ1n) is 5.22. The van der Waals surface area contributed by atoms with Gasteiger partial charge in [-0.25, -0.2) is 4.79 Å². The van der Waals surface area contributed by atoms with Crippen LogP contribution in [-0.2, 0) is 4.74 Å². The summed E-state index contributed by atoms with van der Waals surface area (Å²) in [5.41, 5.74) is 2.59. The summed E-state index contributed by atoms with van der Waals surface area (Å²) >= 11 is 0. The monoisotopic (exact) mass is 217 g/mol. The second kappa shape index (κ2) is 3.67. The molecule has 1 N–H and O–H groups in total. The third-order valence-corrected chi connectivity index (χ3v) is 2.61. The number of hydrogen-bond acceptors (Lipinski definition) is 3. The molecule has 0 amide bonds. The number of rotatable bonds is 1. The first-order chi connectivity index (χ1) is 7.52. The summed E-state index contributed by atoms with van der Waals surface area (Å²) in [7, 11) is 1.39. The maximum Gasteiger partial charge on any atom is 0.337 e. The van der Waals surface area contributed by atoms with Crippen LogP contribution in [0.25, 0.3) is 6.08 Å². The normalized spacial score (nSPS) is 16.2. The molecule has 0 aliphatic carbocycles. The van der Waals surface area contributed by atoms with Gasteiger partial charge in [-0.15, -0.1) is 0 Å². The Kier molecular flexibility index (Phi) is 2.46. The molecular formula is C13H15NO2. The molecule has 84 valence electrons. The van der Waals surface area contributed by atoms with Gasteiger partial charge in [-0.1, -0.05) is 12.2 Å². The lowest BCUT2D eigenvalue weighted by Gasteiger charge is -2.29. The molecule has 1 heterocycles. The van der Waals surface area contributed by atoms with E-state index in [-0.39, 0.29) is 11.5 Å². The third kappa shape index (κ3) is 1.94. The van der Waals surface area contributed by atoms with Gasteiger partial charge < -0.3 is 10.1 Å². The predicted octanol–water partition coefficient (Wildman–Crippen LogP) is 2.69. The van der Waals surface area contributed by atoms with E-state index in [2.05, 4.69) is 30.0 Å². The minimum Gasteiger partial charge on any atom is -0.465 e. The molecule has 1 aromatic rings. The van der Waals surface area contributed by atoms with E-state index in [0.29, 0.717) is 5.56 Å². The largest absolute Gasteiger partial charge is 0.465 e. The molecule has 0 fully saturated rings. The molecule has 3 heteroatoms. The van der Waals surface area contributed by atoms with E-state index in [1.807, 2.05) is 18.2 Å². The number of fused-ring (bicyclic) bond motifs is 1. The van der Waals surface area contributed by atoms with Crippen molar-refractivity contribution >= 4 is 17.7 Å². The lowest BCUT2D eigenvalue weighted by molar-refractivity contribution is 0.0601. The molecule has 3 nitrogen and oxygen atoms in total. The van der Waals surface area contributed by atoms with Crippen molar-refractivity contribution in [3.05, 3.63) is 35.4 Å². The number of hydrogen-bond donors (Lipinski definition) is 1. The van der Waals surface area contributed by atoms with Crippen LogP contribution in [0.15, 0.2) is 24.3 Å². The fourth-order valence-corrected chi connectivity index (χ4v) is 1.75. The number of carbonyl (C=O) groups is 1. The molecule has 1 aliphatic heterocycles. The SMILES string of the molecule is COC(=O)c1ccc2c(c1)C=CC(C)(C)N2. The fourth-order valence-electron chi connectivity index (χ4n) is 1.75. The molecule has 2 rings (SSSR count). The van der Waals surface area contributed by atoms with Crippen molar-refractivity contribution in [1.82, 2.24) is 0 Å². The Hall–Kier alpha value is -1.77. The molecule has 16 heavy (non-hydrogen) atoms. The topological polar surface area (TPSA) is 38.3 Å². The Morgan fingerprint density at radius 3 is 2.81 bits per heavy atom. The van der Waals surface area contributed by atoms with Crippen LogP contribution in [0.5, 0.6) is 0 Å². The van der Waals surface area contributed by atoms with Crippen molar-refractivity contribution < 1.29 is 9.53 Å². The van der Waals surface area contributed by atoms with E-state index in [1.54, 1.807) is 6.07 Å². The fraction of sp³-hybridized carbons (Fsp3) is 0.308. The van der Waals surface area contributed by atoms with E-state index < -0.39 is 0 Å². The molecule has 1 aromatic carbocycles. The Balaban J connectivity index is 2.39. The Morgan fingerprint density at radius 2 is 2.12 bits per heavy atom. The van der Waals surface area contributed by atoms with Crippen LogP contribution in [-0.4, -0.2) is 18.6 Å². The summed E-state index contributed by atoms with van der Waals surface area (Å²) in [5, 5.41) is 3.38. The van der Waals surface area contributed by atoms with E-state index in [4.69, 9.17) is 0 Å². The molecule has 0 saturated carbocycles. The highest BCUT2D eigenvalue weighted by Gasteiger charge is 2.19. The van der Waals surface area contributed by atoms with Crippen LogP contribution in [0.4, 0.5) is 5.69 Å². The number of nitrogens with one attached hydrogen (secondary N) is 1. The van der Waals surface area contributed by atoms with E-state index in [1.165, 1.54) is 7.11 Å². The van der Waals surface area contributed by atoms with Crippen LogP contribution in [0.3, 0.4) is 0 Å². The van der Waals surface area contributed by atoms with E-state index in [0.717, 1.165) is 11.3 Å². The average molecular weight is 217 g/mol. The first-order valence-corrected chi connectivity index (χ1v) is 5.22. The van der Waals surface area contributed by atoms with Gasteiger partial charge in [0.1, 0.15) is 0 Å². The quantitative estimate of drug-likeness (QED) is 0.735. The van der Waals surface area contributed by atoms with Gasteiger partial charge in [-0.2, -0.15) is 0 Å². The van der Waals surface area contributed by atoms with Crippen molar-refractivity contribution in [3.8, 4) is 0 Å². The van der Waals surface area contributed by atoms with Gasteiger partial charge in [0, 0.05) is 5.69 Å². The molecule has 0 bridgehead atoms. The van der Waals surface area contributed by atoms with Crippen LogP contribution < -0.4 is 5.32 Å². The second-order valence-corrected chi connectivity index (χ2v) is 4.47. The average Bonchev–Trinajstić information content (AvgIpc) is 2.26. The smallest absolute Gasteiger partial charge is 0.337 e. The molecule has 1 aliphatic rings. The summed E-state index contributed by atoms with van der Waals surface area (Å²) < 4.78 is 4.68. The predicted molar refractivity (Wildman–Crippen MR) is 64.5 cm³/mol. The van der Waals surface area contributed by atoms with Crippen molar-refractivity contribution in [1.29, 1.82) is 0 Å². The number of anilines is 1. The van der Waals surface area contributed by atoms with E-state index >= 15 is 0 Å². The van der Waals surface area contributed by atoms with Crippen LogP contribution in [0.2, 0.25) is 0 Å². The molecule has 0 atom stereocenters. The Labute approximate surface area is 95.1 Å². The summed E-state index contributed by atoms with van der Waals surface area (Å²) in [5.74, 6) is -0.305. The molecule has 0 saturated heterocycles. The maximum atomic E-state index is 11.4. The van der Waals surface area contributed by atoms with Crippen molar-refractivity contribution in [2.45, 2.75) is 19.4 Å². The highest BCUT2D eigenvalue weighted by molar-refractivity contribution is 5.91. The number of benzene rings is 1. The number of methoxy groups -OCH3 is 1. The summed E-state index contributed by atoms with van der Waals surface area (Å²) in [6.07, 6.45) is 4.11. The van der Waals surface area contributed by atoms with Crippen LogP contribution >= 0.6 is 0 Å². The number of esters is 1. The minimum absolute atomic E-state index is 0.0419. The maximum absolute atomic E-state index is 11.4. The lowest BCUT2D eigenvalue weighted by Crippen LogP contribution is -2.30. The molecule has 0 spiro atoms. The Bertz CT molecular complexity index is 461. The van der Waals surface area contributed by atoms with Crippen molar-refractivity contribution in [2.75, 3.05) is 12.4 Å². The molecular weight excluding hydrogens is 202 g/mol. The molecule has 0 aromatic heterocycles. The van der Waals surface area contributed by atoms with Gasteiger partial charge in [-0.05, 0) is 37.6 Å². The summed E-state index contributed by atoms with van der Waals surface area (Å²) in [6, 6.07) is 5.51. The van der Waals surface area contributed by atoms with Crippen LogP contribution in [0.1, 0.15) is 29.8 Å². The van der Waals surface area contributed by atoms with E-state index in [9.17, 15) is 4.79 Å². The Morgan fingerprint density at radius 1 is 1.38 bits per heavy atom. The zero-order valence-electron chi connectivity index (χ0n) is 9.70. The molecule has 0 unspecified atom stereocenters. The van der Waals surface area contributed by atoms with Gasteiger partial charge in [0.25, 0.3) is 0 Å². The van der Waals surface area contributed by atoms with Gasteiger partial charge in [0.15, 0.2) is 0 Å². The van der Waals surface area contributed by atoms with Crippen molar-refractivity contribution in [2.24, 2.45) is 0 Å². The number of carbonyl (C=O) groups excluding carboxylic acids is 1. The lowest BCUT2D eigenvalue weighted by atomic mass is 9.96. The van der Waals surface area contributed by atoms with Crippen LogP contribution in [0, 0.1) is 0 Å². The zero-order valence-corrected chi connectivity index (χ0v) is 9.70. The van der Waals surface area contributed by atoms with Crippen molar-refractivity contribution in [3.63, 3.8) is 0 Å². The summed E-state index contributed by atoms with van der Waals surface area (Å²) in [6.45, 7) is 4.20. The van der Waals surface area contributed by atoms with Gasteiger partial charge in [-0.3, -0.25) is 0 Å². The molecule has 0 radical (unpaired) electrons. The third-order valence-electron chi connectivity index (χ3n) is 2.61. The number of ether oxygens (including phenoxy) is 1. The second-order valence-electron chi connectivity index (χ2n) is 4.47.